The number of aromatic nitrogens is 2. The van der Waals surface area contributed by atoms with Crippen LogP contribution >= 0.6 is 11.8 Å². The molecular formula is C13H15N3S. The molecule has 17 heavy (non-hydrogen) atoms. The summed E-state index contributed by atoms with van der Waals surface area (Å²) in [6.07, 6.45) is 0. The predicted molar refractivity (Wildman–Crippen MR) is 73.0 cm³/mol. The van der Waals surface area contributed by atoms with E-state index < -0.39 is 0 Å². The Morgan fingerprint density at radius 3 is 2.47 bits per heavy atom. The van der Waals surface area contributed by atoms with Gasteiger partial charge >= 0.3 is 0 Å². The highest BCUT2D eigenvalue weighted by atomic mass is 32.2. The molecule has 0 saturated carbocycles. The number of nitrogens with two attached hydrogens (primary N) is 1. The van der Waals surface area contributed by atoms with Crippen LogP contribution in [0.5, 0.6) is 0 Å². The number of benzene rings is 1. The predicted octanol–water partition coefficient (Wildman–Crippen LogP) is 3.15. The zero-order valence-electron chi connectivity index (χ0n) is 9.97. The summed E-state index contributed by atoms with van der Waals surface area (Å²) in [4.78, 5) is 9.58. The monoisotopic (exact) mass is 245 g/mol. The maximum absolute atomic E-state index is 5.65. The molecule has 88 valence electrons. The third kappa shape index (κ3) is 2.97. The molecule has 1 heterocycles. The molecule has 0 amide bonds. The Morgan fingerprint density at radius 2 is 1.88 bits per heavy atom. The lowest BCUT2D eigenvalue weighted by Crippen LogP contribution is -1.98. The van der Waals surface area contributed by atoms with Crippen molar-refractivity contribution in [3.63, 3.8) is 0 Å². The quantitative estimate of drug-likeness (QED) is 0.844. The number of hydrogen-bond acceptors (Lipinski definition) is 4. The Hall–Kier alpha value is -1.55. The number of nitrogen functional groups attached to an aromatic ring is 1. The van der Waals surface area contributed by atoms with Gasteiger partial charge in [-0.3, -0.25) is 0 Å². The smallest absolute Gasteiger partial charge is 0.220 e. The lowest BCUT2D eigenvalue weighted by Gasteiger charge is -2.04. The fourth-order valence-electron chi connectivity index (χ4n) is 1.63. The van der Waals surface area contributed by atoms with Crippen molar-refractivity contribution in [1.29, 1.82) is 0 Å². The highest BCUT2D eigenvalue weighted by Gasteiger charge is 2.02. The fourth-order valence-corrected chi connectivity index (χ4v) is 2.29. The van der Waals surface area contributed by atoms with Crippen molar-refractivity contribution < 1.29 is 0 Å². The molecular weight excluding hydrogens is 230 g/mol. The number of hydrogen-bond donors (Lipinski definition) is 1. The summed E-state index contributed by atoms with van der Waals surface area (Å²) in [5.74, 6) is 1.41. The van der Waals surface area contributed by atoms with E-state index in [1.165, 1.54) is 4.90 Å². The van der Waals surface area contributed by atoms with Crippen LogP contribution in [-0.4, -0.2) is 15.7 Å². The van der Waals surface area contributed by atoms with Gasteiger partial charge in [0.2, 0.25) is 5.95 Å². The fraction of sp³-hybridized carbons (Fsp3) is 0.231. The van der Waals surface area contributed by atoms with Crippen molar-refractivity contribution in [2.75, 3.05) is 11.5 Å². The standard InChI is InChI=1S/C13H15N3S/c1-3-17-11-6-4-10(5-7-11)12-8-9(2)15-13(14)16-12/h4-8H,3H2,1-2H3,(H2,14,15,16). The van der Waals surface area contributed by atoms with Crippen LogP contribution in [0.1, 0.15) is 12.6 Å². The minimum atomic E-state index is 0.326. The number of rotatable bonds is 3. The van der Waals surface area contributed by atoms with Gasteiger partial charge in [-0.25, -0.2) is 9.97 Å². The van der Waals surface area contributed by atoms with Gasteiger partial charge in [0.05, 0.1) is 5.69 Å². The van der Waals surface area contributed by atoms with Gasteiger partial charge in [0.25, 0.3) is 0 Å². The molecule has 0 saturated heterocycles. The molecule has 2 N–H and O–H groups in total. The number of anilines is 1. The van der Waals surface area contributed by atoms with Crippen LogP contribution in [0.3, 0.4) is 0 Å². The topological polar surface area (TPSA) is 51.8 Å². The van der Waals surface area contributed by atoms with Gasteiger partial charge < -0.3 is 5.73 Å². The first-order valence-corrected chi connectivity index (χ1v) is 6.52. The van der Waals surface area contributed by atoms with E-state index in [0.29, 0.717) is 5.95 Å². The van der Waals surface area contributed by atoms with E-state index in [2.05, 4.69) is 41.2 Å². The molecule has 0 aliphatic heterocycles. The third-order valence-electron chi connectivity index (χ3n) is 2.33. The molecule has 0 bridgehead atoms. The maximum atomic E-state index is 5.65. The van der Waals surface area contributed by atoms with Gasteiger partial charge in [0, 0.05) is 16.2 Å². The van der Waals surface area contributed by atoms with Crippen LogP contribution in [-0.2, 0) is 0 Å². The second-order valence-electron chi connectivity index (χ2n) is 3.71. The summed E-state index contributed by atoms with van der Waals surface area (Å²) in [6.45, 7) is 4.07. The van der Waals surface area contributed by atoms with E-state index in [-0.39, 0.29) is 0 Å². The van der Waals surface area contributed by atoms with Crippen LogP contribution in [0, 0.1) is 6.92 Å². The Kier molecular flexibility index (Phi) is 3.64. The first-order chi connectivity index (χ1) is 8.19. The number of thioether (sulfide) groups is 1. The molecule has 3 nitrogen and oxygen atoms in total. The number of nitrogens with zero attached hydrogens (tertiary/aromatic N) is 2. The minimum absolute atomic E-state index is 0.326. The maximum Gasteiger partial charge on any atom is 0.220 e. The van der Waals surface area contributed by atoms with Crippen molar-refractivity contribution in [3.05, 3.63) is 36.0 Å². The Bertz CT molecular complexity index is 488. The second-order valence-corrected chi connectivity index (χ2v) is 5.05. The molecule has 1 aromatic carbocycles. The normalized spacial score (nSPS) is 10.5. The van der Waals surface area contributed by atoms with Gasteiger partial charge in [-0.15, -0.1) is 11.8 Å². The van der Waals surface area contributed by atoms with Crippen LogP contribution in [0.15, 0.2) is 35.2 Å². The highest BCUT2D eigenvalue weighted by molar-refractivity contribution is 7.99. The molecule has 0 aliphatic carbocycles. The lowest BCUT2D eigenvalue weighted by atomic mass is 10.1. The average molecular weight is 245 g/mol. The van der Waals surface area contributed by atoms with Gasteiger partial charge in [0.15, 0.2) is 0 Å². The summed E-state index contributed by atoms with van der Waals surface area (Å²) in [5.41, 5.74) is 8.49. The van der Waals surface area contributed by atoms with Crippen molar-refractivity contribution in [1.82, 2.24) is 9.97 Å². The van der Waals surface area contributed by atoms with E-state index in [9.17, 15) is 0 Å². The van der Waals surface area contributed by atoms with Crippen LogP contribution in [0.2, 0.25) is 0 Å². The summed E-state index contributed by atoms with van der Waals surface area (Å²) < 4.78 is 0. The molecule has 2 aromatic rings. The minimum Gasteiger partial charge on any atom is -0.368 e. The summed E-state index contributed by atoms with van der Waals surface area (Å²) in [7, 11) is 0. The second kappa shape index (κ2) is 5.19. The average Bonchev–Trinajstić information content (AvgIpc) is 2.29. The van der Waals surface area contributed by atoms with Crippen molar-refractivity contribution in [3.8, 4) is 11.3 Å². The highest BCUT2D eigenvalue weighted by Crippen LogP contribution is 2.23. The van der Waals surface area contributed by atoms with Gasteiger partial charge in [-0.1, -0.05) is 19.1 Å². The summed E-state index contributed by atoms with van der Waals surface area (Å²) in [6, 6.07) is 10.3. The molecule has 2 rings (SSSR count). The Balaban J connectivity index is 2.32. The van der Waals surface area contributed by atoms with E-state index in [0.717, 1.165) is 22.7 Å². The third-order valence-corrected chi connectivity index (χ3v) is 3.23. The Morgan fingerprint density at radius 1 is 1.18 bits per heavy atom. The molecule has 0 aliphatic rings. The largest absolute Gasteiger partial charge is 0.368 e. The van der Waals surface area contributed by atoms with E-state index in [1.54, 1.807) is 0 Å². The first kappa shape index (κ1) is 11.9. The molecule has 1 aromatic heterocycles. The zero-order valence-corrected chi connectivity index (χ0v) is 10.8. The molecule has 0 unspecified atom stereocenters. The van der Waals surface area contributed by atoms with Crippen LogP contribution in [0.4, 0.5) is 5.95 Å². The molecule has 0 atom stereocenters. The first-order valence-electron chi connectivity index (χ1n) is 5.53. The number of aryl methyl sites for hydroxylation is 1. The van der Waals surface area contributed by atoms with Gasteiger partial charge in [-0.2, -0.15) is 0 Å². The van der Waals surface area contributed by atoms with Crippen molar-refractivity contribution >= 4 is 17.7 Å². The Labute approximate surface area is 105 Å². The molecule has 4 heteroatoms. The summed E-state index contributed by atoms with van der Waals surface area (Å²) in [5, 5.41) is 0. The molecule has 0 spiro atoms. The van der Waals surface area contributed by atoms with Crippen LogP contribution < -0.4 is 5.73 Å². The lowest BCUT2D eigenvalue weighted by molar-refractivity contribution is 1.12. The SMILES string of the molecule is CCSc1ccc(-c2cc(C)nc(N)n2)cc1. The molecule has 0 radical (unpaired) electrons. The zero-order chi connectivity index (χ0) is 12.3. The molecule has 0 fully saturated rings. The van der Waals surface area contributed by atoms with Gasteiger partial charge in [-0.05, 0) is 30.9 Å². The van der Waals surface area contributed by atoms with Crippen molar-refractivity contribution in [2.45, 2.75) is 18.7 Å². The van der Waals surface area contributed by atoms with E-state index in [4.69, 9.17) is 5.73 Å². The van der Waals surface area contributed by atoms with E-state index in [1.807, 2.05) is 24.8 Å². The van der Waals surface area contributed by atoms with Crippen molar-refractivity contribution in [2.24, 2.45) is 0 Å². The summed E-state index contributed by atoms with van der Waals surface area (Å²) >= 11 is 1.83. The van der Waals surface area contributed by atoms with Gasteiger partial charge in [0.1, 0.15) is 0 Å². The van der Waals surface area contributed by atoms with Crippen LogP contribution in [0.25, 0.3) is 11.3 Å². The van der Waals surface area contributed by atoms with E-state index >= 15 is 0 Å².